The molecule has 0 aromatic heterocycles. The van der Waals surface area contributed by atoms with Crippen LogP contribution in [0.1, 0.15) is 30.5 Å². The lowest BCUT2D eigenvalue weighted by atomic mass is 10.1. The fraction of sp³-hybridized carbons (Fsp3) is 0.304. The molecule has 0 bridgehead atoms. The topological polar surface area (TPSA) is 73.9 Å². The Bertz CT molecular complexity index is 904. The Morgan fingerprint density at radius 3 is 2.55 bits per heavy atom. The van der Waals surface area contributed by atoms with Crippen LogP contribution in [0.2, 0.25) is 0 Å². The van der Waals surface area contributed by atoms with Gasteiger partial charge in [-0.25, -0.2) is 4.79 Å². The predicted octanol–water partition coefficient (Wildman–Crippen LogP) is 4.29. The third-order valence-corrected chi connectivity index (χ3v) is 4.21. The Kier molecular flexibility index (Phi) is 7.83. The normalized spacial score (nSPS) is 11.8. The molecule has 1 N–H and O–H groups in total. The van der Waals surface area contributed by atoms with Crippen LogP contribution in [0.3, 0.4) is 0 Å². The SMILES string of the molecule is CCOc1ccc(/C=C/C(=O)O[C@@H](C)C(=O)Nc2cc(C)ccc2C)cc1OC. The number of anilines is 1. The summed E-state index contributed by atoms with van der Waals surface area (Å²) in [5, 5.41) is 2.79. The highest BCUT2D eigenvalue weighted by Gasteiger charge is 2.17. The van der Waals surface area contributed by atoms with Gasteiger partial charge in [-0.2, -0.15) is 0 Å². The van der Waals surface area contributed by atoms with Gasteiger partial charge in [0.15, 0.2) is 17.6 Å². The zero-order chi connectivity index (χ0) is 21.4. The lowest BCUT2D eigenvalue weighted by molar-refractivity contribution is -0.148. The van der Waals surface area contributed by atoms with Gasteiger partial charge in [0.2, 0.25) is 0 Å². The number of methoxy groups -OCH3 is 1. The van der Waals surface area contributed by atoms with Gasteiger partial charge in [0.25, 0.3) is 5.91 Å². The molecule has 154 valence electrons. The Labute approximate surface area is 171 Å². The van der Waals surface area contributed by atoms with Crippen molar-refractivity contribution in [1.82, 2.24) is 0 Å². The van der Waals surface area contributed by atoms with Crippen LogP contribution in [-0.2, 0) is 14.3 Å². The molecular formula is C23H27NO5. The van der Waals surface area contributed by atoms with Crippen molar-refractivity contribution in [3.05, 3.63) is 59.2 Å². The molecule has 0 aliphatic rings. The number of rotatable bonds is 8. The smallest absolute Gasteiger partial charge is 0.331 e. The van der Waals surface area contributed by atoms with E-state index < -0.39 is 12.1 Å². The summed E-state index contributed by atoms with van der Waals surface area (Å²) >= 11 is 0. The molecule has 0 aliphatic carbocycles. The van der Waals surface area contributed by atoms with E-state index in [-0.39, 0.29) is 5.91 Å². The minimum absolute atomic E-state index is 0.386. The summed E-state index contributed by atoms with van der Waals surface area (Å²) in [7, 11) is 1.55. The number of amides is 1. The zero-order valence-corrected chi connectivity index (χ0v) is 17.4. The van der Waals surface area contributed by atoms with Crippen molar-refractivity contribution in [3.8, 4) is 11.5 Å². The summed E-state index contributed by atoms with van der Waals surface area (Å²) in [5.74, 6) is 0.208. The summed E-state index contributed by atoms with van der Waals surface area (Å²) in [6.45, 7) is 7.80. The van der Waals surface area contributed by atoms with E-state index in [2.05, 4.69) is 5.32 Å². The maximum absolute atomic E-state index is 12.3. The van der Waals surface area contributed by atoms with E-state index in [4.69, 9.17) is 14.2 Å². The van der Waals surface area contributed by atoms with Gasteiger partial charge in [-0.15, -0.1) is 0 Å². The Hall–Kier alpha value is -3.28. The second-order valence-electron chi connectivity index (χ2n) is 6.56. The molecule has 29 heavy (non-hydrogen) atoms. The van der Waals surface area contributed by atoms with E-state index in [0.29, 0.717) is 23.8 Å². The number of ether oxygens (including phenoxy) is 3. The molecule has 0 aliphatic heterocycles. The third-order valence-electron chi connectivity index (χ3n) is 4.21. The molecule has 0 unspecified atom stereocenters. The van der Waals surface area contributed by atoms with Crippen LogP contribution in [0.4, 0.5) is 5.69 Å². The molecule has 0 spiro atoms. The molecule has 6 nitrogen and oxygen atoms in total. The number of hydrogen-bond donors (Lipinski definition) is 1. The minimum atomic E-state index is -0.929. The molecule has 0 saturated carbocycles. The number of aryl methyl sites for hydroxylation is 2. The Morgan fingerprint density at radius 1 is 1.10 bits per heavy atom. The monoisotopic (exact) mass is 397 g/mol. The first-order valence-corrected chi connectivity index (χ1v) is 9.41. The molecule has 1 atom stereocenters. The fourth-order valence-electron chi connectivity index (χ4n) is 2.60. The number of carbonyl (C=O) groups excluding carboxylic acids is 2. The second-order valence-corrected chi connectivity index (χ2v) is 6.56. The van der Waals surface area contributed by atoms with Gasteiger partial charge in [-0.1, -0.05) is 18.2 Å². The van der Waals surface area contributed by atoms with Crippen molar-refractivity contribution in [1.29, 1.82) is 0 Å². The number of hydrogen-bond acceptors (Lipinski definition) is 5. The first-order valence-electron chi connectivity index (χ1n) is 9.41. The van der Waals surface area contributed by atoms with Crippen LogP contribution >= 0.6 is 0 Å². The molecule has 0 radical (unpaired) electrons. The minimum Gasteiger partial charge on any atom is -0.493 e. The molecule has 2 aromatic carbocycles. The summed E-state index contributed by atoms with van der Waals surface area (Å²) < 4.78 is 16.0. The maximum atomic E-state index is 12.3. The van der Waals surface area contributed by atoms with Crippen molar-refractivity contribution in [2.24, 2.45) is 0 Å². The summed E-state index contributed by atoms with van der Waals surface area (Å²) in [5.41, 5.74) is 3.42. The molecular weight excluding hydrogens is 370 g/mol. The average molecular weight is 397 g/mol. The van der Waals surface area contributed by atoms with E-state index in [1.807, 2.05) is 39.0 Å². The van der Waals surface area contributed by atoms with Crippen LogP contribution in [-0.4, -0.2) is 31.7 Å². The number of benzene rings is 2. The van der Waals surface area contributed by atoms with Gasteiger partial charge in [0.05, 0.1) is 13.7 Å². The first kappa shape index (κ1) is 22.0. The van der Waals surface area contributed by atoms with Gasteiger partial charge >= 0.3 is 5.97 Å². The van der Waals surface area contributed by atoms with E-state index in [0.717, 1.165) is 16.7 Å². The fourth-order valence-corrected chi connectivity index (χ4v) is 2.60. The highest BCUT2D eigenvalue weighted by atomic mass is 16.5. The van der Waals surface area contributed by atoms with E-state index in [9.17, 15) is 9.59 Å². The zero-order valence-electron chi connectivity index (χ0n) is 17.4. The number of esters is 1. The summed E-state index contributed by atoms with van der Waals surface area (Å²) in [6, 6.07) is 11.1. The van der Waals surface area contributed by atoms with Crippen molar-refractivity contribution >= 4 is 23.6 Å². The Balaban J connectivity index is 1.97. The van der Waals surface area contributed by atoms with Gasteiger partial charge in [0.1, 0.15) is 0 Å². The highest BCUT2D eigenvalue weighted by Crippen LogP contribution is 2.28. The first-order chi connectivity index (χ1) is 13.8. The molecule has 2 rings (SSSR count). The molecule has 0 heterocycles. The molecule has 0 saturated heterocycles. The predicted molar refractivity (Wildman–Crippen MR) is 113 cm³/mol. The molecule has 1 amide bonds. The number of carbonyl (C=O) groups is 2. The van der Waals surface area contributed by atoms with Crippen LogP contribution in [0, 0.1) is 13.8 Å². The summed E-state index contributed by atoms with van der Waals surface area (Å²) in [6.07, 6.45) is 1.94. The lowest BCUT2D eigenvalue weighted by Gasteiger charge is -2.14. The van der Waals surface area contributed by atoms with Crippen LogP contribution in [0.5, 0.6) is 11.5 Å². The van der Waals surface area contributed by atoms with Crippen molar-refractivity contribution in [2.45, 2.75) is 33.8 Å². The van der Waals surface area contributed by atoms with Crippen molar-refractivity contribution < 1.29 is 23.8 Å². The van der Waals surface area contributed by atoms with Crippen molar-refractivity contribution in [2.75, 3.05) is 19.0 Å². The van der Waals surface area contributed by atoms with Gasteiger partial charge < -0.3 is 19.5 Å². The van der Waals surface area contributed by atoms with Crippen LogP contribution < -0.4 is 14.8 Å². The molecule has 6 heteroatoms. The van der Waals surface area contributed by atoms with Crippen molar-refractivity contribution in [3.63, 3.8) is 0 Å². The molecule has 0 fully saturated rings. The van der Waals surface area contributed by atoms with E-state index >= 15 is 0 Å². The second kappa shape index (κ2) is 10.3. The van der Waals surface area contributed by atoms with E-state index in [1.54, 1.807) is 31.4 Å². The Morgan fingerprint density at radius 2 is 1.86 bits per heavy atom. The largest absolute Gasteiger partial charge is 0.493 e. The third kappa shape index (κ3) is 6.38. The van der Waals surface area contributed by atoms with Gasteiger partial charge in [-0.05, 0) is 68.7 Å². The lowest BCUT2D eigenvalue weighted by Crippen LogP contribution is -2.29. The average Bonchev–Trinajstić information content (AvgIpc) is 2.70. The maximum Gasteiger partial charge on any atom is 0.331 e. The highest BCUT2D eigenvalue weighted by molar-refractivity contribution is 5.97. The standard InChI is InChI=1S/C23H27NO5/c1-6-28-20-11-9-18(14-21(20)27-5)10-12-22(25)29-17(4)23(26)24-19-13-15(2)7-8-16(19)3/h7-14,17H,6H2,1-5H3,(H,24,26)/b12-10+/t17-/m0/s1. The van der Waals surface area contributed by atoms with E-state index in [1.165, 1.54) is 13.0 Å². The van der Waals surface area contributed by atoms with Crippen LogP contribution in [0.25, 0.3) is 6.08 Å². The summed E-state index contributed by atoms with van der Waals surface area (Å²) in [4.78, 5) is 24.4. The quantitative estimate of drug-likeness (QED) is 0.531. The van der Waals surface area contributed by atoms with Gasteiger partial charge in [0, 0.05) is 11.8 Å². The molecule has 2 aromatic rings. The van der Waals surface area contributed by atoms with Gasteiger partial charge in [-0.3, -0.25) is 4.79 Å². The van der Waals surface area contributed by atoms with Crippen LogP contribution in [0.15, 0.2) is 42.5 Å². The number of nitrogens with one attached hydrogen (secondary N) is 1.